The Morgan fingerprint density at radius 1 is 1.35 bits per heavy atom. The second-order valence-electron chi connectivity index (χ2n) is 4.04. The molecule has 0 saturated carbocycles. The number of carbonyl (C=O) groups is 1. The van der Waals surface area contributed by atoms with Crippen LogP contribution in [0.4, 0.5) is 0 Å². The highest BCUT2D eigenvalue weighted by Crippen LogP contribution is 2.16. The van der Waals surface area contributed by atoms with Gasteiger partial charge in [0.25, 0.3) is 5.91 Å². The third-order valence-corrected chi connectivity index (χ3v) is 3.31. The third kappa shape index (κ3) is 3.75. The maximum absolute atomic E-state index is 12.2. The van der Waals surface area contributed by atoms with Crippen LogP contribution in [0, 0.1) is 0 Å². The summed E-state index contributed by atoms with van der Waals surface area (Å²) in [4.78, 5) is 15.0. The van der Waals surface area contributed by atoms with Crippen molar-refractivity contribution in [1.82, 2.24) is 4.90 Å². The first kappa shape index (κ1) is 14.1. The lowest BCUT2D eigenvalue weighted by Gasteiger charge is -2.26. The minimum Gasteiger partial charge on any atom is -0.395 e. The lowest BCUT2D eigenvalue weighted by molar-refractivity contribution is 0.0665. The van der Waals surface area contributed by atoms with E-state index in [0.717, 1.165) is 4.90 Å². The molecule has 1 N–H and O–H groups in total. The van der Waals surface area contributed by atoms with E-state index in [9.17, 15) is 4.79 Å². The number of carbonyl (C=O) groups excluding carboxylic acids is 1. The van der Waals surface area contributed by atoms with E-state index in [1.807, 2.05) is 44.4 Å². The van der Waals surface area contributed by atoms with Gasteiger partial charge >= 0.3 is 0 Å². The molecule has 1 amide bonds. The summed E-state index contributed by atoms with van der Waals surface area (Å²) in [7, 11) is 0. The summed E-state index contributed by atoms with van der Waals surface area (Å²) in [5, 5.41) is 8.97. The van der Waals surface area contributed by atoms with E-state index in [1.54, 1.807) is 16.7 Å². The van der Waals surface area contributed by atoms with Gasteiger partial charge in [0.1, 0.15) is 0 Å². The Morgan fingerprint density at radius 2 is 1.94 bits per heavy atom. The predicted octanol–water partition coefficient (Wildman–Crippen LogP) is 2.25. The fourth-order valence-corrected chi connectivity index (χ4v) is 2.01. The van der Waals surface area contributed by atoms with E-state index in [0.29, 0.717) is 12.1 Å². The molecular weight excluding hydrogens is 234 g/mol. The van der Waals surface area contributed by atoms with Gasteiger partial charge < -0.3 is 10.0 Å². The molecule has 1 rings (SSSR count). The number of amides is 1. The minimum atomic E-state index is -0.0262. The molecule has 0 aliphatic rings. The van der Waals surface area contributed by atoms with Crippen molar-refractivity contribution in [1.29, 1.82) is 0 Å². The van der Waals surface area contributed by atoms with Gasteiger partial charge in [-0.15, -0.1) is 11.8 Å². The third-order valence-electron chi connectivity index (χ3n) is 2.56. The van der Waals surface area contributed by atoms with Crippen LogP contribution in [0.5, 0.6) is 0 Å². The molecule has 0 aliphatic heterocycles. The molecule has 0 aromatic heterocycles. The Morgan fingerprint density at radius 3 is 2.35 bits per heavy atom. The zero-order valence-corrected chi connectivity index (χ0v) is 11.3. The summed E-state index contributed by atoms with van der Waals surface area (Å²) in [5.74, 6) is -0.0262. The van der Waals surface area contributed by atoms with Crippen molar-refractivity contribution in [3.63, 3.8) is 0 Å². The molecule has 0 spiro atoms. The maximum Gasteiger partial charge on any atom is 0.254 e. The lowest BCUT2D eigenvalue weighted by atomic mass is 10.1. The molecule has 0 aliphatic carbocycles. The number of nitrogens with zero attached hydrogens (tertiary/aromatic N) is 1. The van der Waals surface area contributed by atoms with Crippen LogP contribution in [0.15, 0.2) is 29.2 Å². The first-order chi connectivity index (χ1) is 8.10. The number of benzene rings is 1. The van der Waals surface area contributed by atoms with E-state index < -0.39 is 0 Å². The summed E-state index contributed by atoms with van der Waals surface area (Å²) in [5.41, 5.74) is 0.671. The number of aliphatic hydroxyl groups is 1. The molecule has 0 bridgehead atoms. The molecule has 3 nitrogen and oxygen atoms in total. The predicted molar refractivity (Wildman–Crippen MR) is 71.5 cm³/mol. The summed E-state index contributed by atoms with van der Waals surface area (Å²) >= 11 is 1.65. The van der Waals surface area contributed by atoms with Crippen molar-refractivity contribution in [2.24, 2.45) is 0 Å². The maximum atomic E-state index is 12.2. The number of rotatable bonds is 5. The van der Waals surface area contributed by atoms with Crippen molar-refractivity contribution in [2.75, 3.05) is 19.4 Å². The van der Waals surface area contributed by atoms with E-state index in [2.05, 4.69) is 0 Å². The Bertz CT molecular complexity index is 362. The van der Waals surface area contributed by atoms with E-state index >= 15 is 0 Å². The molecule has 1 aromatic rings. The second-order valence-corrected chi connectivity index (χ2v) is 4.92. The van der Waals surface area contributed by atoms with Crippen molar-refractivity contribution >= 4 is 17.7 Å². The highest BCUT2D eigenvalue weighted by molar-refractivity contribution is 7.98. The molecule has 0 unspecified atom stereocenters. The van der Waals surface area contributed by atoms with Gasteiger partial charge in [0.2, 0.25) is 0 Å². The van der Waals surface area contributed by atoms with Gasteiger partial charge in [0.15, 0.2) is 0 Å². The molecule has 0 atom stereocenters. The smallest absolute Gasteiger partial charge is 0.254 e. The molecule has 94 valence electrons. The first-order valence-corrected chi connectivity index (χ1v) is 6.88. The quantitative estimate of drug-likeness (QED) is 0.818. The van der Waals surface area contributed by atoms with E-state index in [1.165, 1.54) is 0 Å². The van der Waals surface area contributed by atoms with Crippen molar-refractivity contribution in [2.45, 2.75) is 24.8 Å². The number of thioether (sulfide) groups is 1. The van der Waals surface area contributed by atoms with Gasteiger partial charge in [0.05, 0.1) is 6.61 Å². The van der Waals surface area contributed by atoms with Gasteiger partial charge in [-0.25, -0.2) is 0 Å². The molecule has 17 heavy (non-hydrogen) atoms. The van der Waals surface area contributed by atoms with Crippen LogP contribution >= 0.6 is 11.8 Å². The van der Waals surface area contributed by atoms with E-state index in [-0.39, 0.29) is 18.6 Å². The largest absolute Gasteiger partial charge is 0.395 e. The SMILES string of the molecule is CSc1ccc(C(=O)N(CCO)C(C)C)cc1. The highest BCUT2D eigenvalue weighted by Gasteiger charge is 2.17. The second kappa shape index (κ2) is 6.67. The molecule has 1 aromatic carbocycles. The van der Waals surface area contributed by atoms with Crippen molar-refractivity contribution in [3.05, 3.63) is 29.8 Å². The minimum absolute atomic E-state index is 0.00713. The Kier molecular flexibility index (Phi) is 5.51. The summed E-state index contributed by atoms with van der Waals surface area (Å²) in [6.07, 6.45) is 2.00. The fraction of sp³-hybridized carbons (Fsp3) is 0.462. The Balaban J connectivity index is 2.85. The van der Waals surface area contributed by atoms with Crippen molar-refractivity contribution in [3.8, 4) is 0 Å². The van der Waals surface area contributed by atoms with Crippen LogP contribution in [-0.4, -0.2) is 41.4 Å². The zero-order chi connectivity index (χ0) is 12.8. The van der Waals surface area contributed by atoms with Gasteiger partial charge in [-0.3, -0.25) is 4.79 Å². The molecule has 0 radical (unpaired) electrons. The molecule has 4 heteroatoms. The monoisotopic (exact) mass is 253 g/mol. The highest BCUT2D eigenvalue weighted by atomic mass is 32.2. The lowest BCUT2D eigenvalue weighted by Crippen LogP contribution is -2.38. The zero-order valence-electron chi connectivity index (χ0n) is 10.5. The number of aliphatic hydroxyl groups excluding tert-OH is 1. The van der Waals surface area contributed by atoms with Gasteiger partial charge in [0, 0.05) is 23.0 Å². The van der Waals surface area contributed by atoms with Gasteiger partial charge in [-0.2, -0.15) is 0 Å². The van der Waals surface area contributed by atoms with Crippen LogP contribution in [0.3, 0.4) is 0 Å². The Hall–Kier alpha value is -1.00. The van der Waals surface area contributed by atoms with Crippen LogP contribution < -0.4 is 0 Å². The topological polar surface area (TPSA) is 40.5 Å². The van der Waals surface area contributed by atoms with Crippen LogP contribution in [-0.2, 0) is 0 Å². The van der Waals surface area contributed by atoms with Crippen LogP contribution in [0.1, 0.15) is 24.2 Å². The van der Waals surface area contributed by atoms with Crippen LogP contribution in [0.2, 0.25) is 0 Å². The summed E-state index contributed by atoms with van der Waals surface area (Å²) in [6.45, 7) is 4.27. The normalized spacial score (nSPS) is 10.6. The molecule has 0 saturated heterocycles. The fourth-order valence-electron chi connectivity index (χ4n) is 1.60. The molecular formula is C13H19NO2S. The Labute approximate surface area is 107 Å². The number of hydrogen-bond acceptors (Lipinski definition) is 3. The van der Waals surface area contributed by atoms with Crippen molar-refractivity contribution < 1.29 is 9.90 Å². The van der Waals surface area contributed by atoms with Crippen LogP contribution in [0.25, 0.3) is 0 Å². The first-order valence-electron chi connectivity index (χ1n) is 5.66. The molecule has 0 heterocycles. The summed E-state index contributed by atoms with van der Waals surface area (Å²) < 4.78 is 0. The number of hydrogen-bond donors (Lipinski definition) is 1. The standard InChI is InChI=1S/C13H19NO2S/c1-10(2)14(8-9-15)13(16)11-4-6-12(17-3)7-5-11/h4-7,10,15H,8-9H2,1-3H3. The van der Waals surface area contributed by atoms with E-state index in [4.69, 9.17) is 5.11 Å². The average Bonchev–Trinajstić information content (AvgIpc) is 2.35. The molecule has 0 fully saturated rings. The average molecular weight is 253 g/mol. The van der Waals surface area contributed by atoms with Gasteiger partial charge in [-0.05, 0) is 44.4 Å². The van der Waals surface area contributed by atoms with Gasteiger partial charge in [-0.1, -0.05) is 0 Å². The summed E-state index contributed by atoms with van der Waals surface area (Å²) in [6, 6.07) is 7.64.